The molecule has 5 heteroatoms. The fourth-order valence-corrected chi connectivity index (χ4v) is 3.28. The molecule has 2 rings (SSSR count). The molecular formula is C17H27ClN2O2. The number of halogens is 1. The first-order valence-corrected chi connectivity index (χ1v) is 7.85. The second-order valence-corrected chi connectivity index (χ2v) is 5.94. The van der Waals surface area contributed by atoms with Crippen LogP contribution in [0.3, 0.4) is 0 Å². The van der Waals surface area contributed by atoms with Crippen molar-refractivity contribution < 1.29 is 9.53 Å². The molecular weight excluding hydrogens is 300 g/mol. The van der Waals surface area contributed by atoms with Crippen molar-refractivity contribution in [3.8, 4) is 0 Å². The summed E-state index contributed by atoms with van der Waals surface area (Å²) in [4.78, 5) is 12.2. The SMILES string of the molecule is CNC(C1CCCCC1)C(C)OC(=O)c1ccc(N)cc1.Cl. The molecule has 1 saturated carbocycles. The predicted molar refractivity (Wildman–Crippen MR) is 92.4 cm³/mol. The fourth-order valence-electron chi connectivity index (χ4n) is 3.28. The summed E-state index contributed by atoms with van der Waals surface area (Å²) < 4.78 is 5.64. The van der Waals surface area contributed by atoms with E-state index < -0.39 is 0 Å². The Hall–Kier alpha value is -1.26. The molecule has 0 saturated heterocycles. The van der Waals surface area contributed by atoms with Gasteiger partial charge in [0.25, 0.3) is 0 Å². The maximum absolute atomic E-state index is 12.2. The maximum Gasteiger partial charge on any atom is 0.338 e. The van der Waals surface area contributed by atoms with Crippen molar-refractivity contribution in [2.24, 2.45) is 5.92 Å². The van der Waals surface area contributed by atoms with Gasteiger partial charge in [-0.25, -0.2) is 4.79 Å². The van der Waals surface area contributed by atoms with Gasteiger partial charge in [0, 0.05) is 11.7 Å². The number of rotatable bonds is 5. The Bertz CT molecular complexity index is 458. The number of hydrogen-bond donors (Lipinski definition) is 2. The third kappa shape index (κ3) is 4.89. The van der Waals surface area contributed by atoms with Crippen LogP contribution in [0.2, 0.25) is 0 Å². The number of ether oxygens (including phenoxy) is 1. The van der Waals surface area contributed by atoms with E-state index in [0.29, 0.717) is 17.2 Å². The van der Waals surface area contributed by atoms with Gasteiger partial charge in [0.1, 0.15) is 6.10 Å². The van der Waals surface area contributed by atoms with Crippen molar-refractivity contribution in [1.82, 2.24) is 5.32 Å². The van der Waals surface area contributed by atoms with Crippen LogP contribution in [0.1, 0.15) is 49.4 Å². The number of likely N-dealkylation sites (N-methyl/N-ethyl adjacent to an activating group) is 1. The summed E-state index contributed by atoms with van der Waals surface area (Å²) >= 11 is 0. The monoisotopic (exact) mass is 326 g/mol. The minimum Gasteiger partial charge on any atom is -0.457 e. The molecule has 0 spiro atoms. The molecule has 1 aliphatic carbocycles. The Labute approximate surface area is 139 Å². The highest BCUT2D eigenvalue weighted by atomic mass is 35.5. The predicted octanol–water partition coefficient (Wildman–Crippen LogP) is 3.40. The van der Waals surface area contributed by atoms with Gasteiger partial charge in [-0.2, -0.15) is 0 Å². The van der Waals surface area contributed by atoms with E-state index in [1.807, 2.05) is 14.0 Å². The van der Waals surface area contributed by atoms with E-state index in [4.69, 9.17) is 10.5 Å². The van der Waals surface area contributed by atoms with Crippen molar-refractivity contribution in [3.63, 3.8) is 0 Å². The highest BCUT2D eigenvalue weighted by Crippen LogP contribution is 2.28. The van der Waals surface area contributed by atoms with Crippen LogP contribution in [-0.2, 0) is 4.74 Å². The Balaban J connectivity index is 0.00000242. The molecule has 0 bridgehead atoms. The normalized spacial score (nSPS) is 18.1. The molecule has 0 amide bonds. The molecule has 2 atom stereocenters. The summed E-state index contributed by atoms with van der Waals surface area (Å²) in [5.74, 6) is 0.316. The second kappa shape index (κ2) is 9.01. The van der Waals surface area contributed by atoms with Crippen LogP contribution in [0.15, 0.2) is 24.3 Å². The van der Waals surface area contributed by atoms with Gasteiger partial charge in [0.05, 0.1) is 5.56 Å². The molecule has 0 heterocycles. The molecule has 124 valence electrons. The number of nitrogens with two attached hydrogens (primary N) is 1. The molecule has 22 heavy (non-hydrogen) atoms. The topological polar surface area (TPSA) is 64.3 Å². The van der Waals surface area contributed by atoms with E-state index in [-0.39, 0.29) is 30.5 Å². The largest absolute Gasteiger partial charge is 0.457 e. The highest BCUT2D eigenvalue weighted by Gasteiger charge is 2.29. The zero-order chi connectivity index (χ0) is 15.2. The summed E-state index contributed by atoms with van der Waals surface area (Å²) in [7, 11) is 1.95. The molecule has 1 aromatic carbocycles. The molecule has 2 unspecified atom stereocenters. The van der Waals surface area contributed by atoms with Gasteiger partial charge in [-0.1, -0.05) is 19.3 Å². The number of carbonyl (C=O) groups excluding carboxylic acids is 1. The Morgan fingerprint density at radius 3 is 2.36 bits per heavy atom. The molecule has 1 aliphatic rings. The first kappa shape index (κ1) is 18.8. The number of carbonyl (C=O) groups is 1. The molecule has 4 nitrogen and oxygen atoms in total. The van der Waals surface area contributed by atoms with Crippen molar-refractivity contribution in [2.45, 2.75) is 51.2 Å². The Kier molecular flexibility index (Phi) is 7.69. The van der Waals surface area contributed by atoms with Crippen molar-refractivity contribution in [3.05, 3.63) is 29.8 Å². The fraction of sp³-hybridized carbons (Fsp3) is 0.588. The molecule has 3 N–H and O–H groups in total. The van der Waals surface area contributed by atoms with Gasteiger partial charge in [0.2, 0.25) is 0 Å². The van der Waals surface area contributed by atoms with Crippen LogP contribution in [-0.4, -0.2) is 25.2 Å². The van der Waals surface area contributed by atoms with E-state index in [9.17, 15) is 4.79 Å². The Morgan fingerprint density at radius 2 is 1.82 bits per heavy atom. The number of hydrogen-bond acceptors (Lipinski definition) is 4. The van der Waals surface area contributed by atoms with Crippen LogP contribution in [0.5, 0.6) is 0 Å². The van der Waals surface area contributed by atoms with E-state index in [2.05, 4.69) is 5.32 Å². The quantitative estimate of drug-likeness (QED) is 0.643. The van der Waals surface area contributed by atoms with Crippen LogP contribution < -0.4 is 11.1 Å². The standard InChI is InChI=1S/C17H26N2O2.ClH/c1-12(16(19-2)13-6-4-3-5-7-13)21-17(20)14-8-10-15(18)11-9-14;/h8-13,16,19H,3-7,18H2,1-2H3;1H. The molecule has 1 fully saturated rings. The van der Waals surface area contributed by atoms with Gasteiger partial charge in [-0.05, 0) is 57.0 Å². The number of anilines is 1. The zero-order valence-electron chi connectivity index (χ0n) is 13.4. The van der Waals surface area contributed by atoms with Gasteiger partial charge in [0.15, 0.2) is 0 Å². The van der Waals surface area contributed by atoms with Gasteiger partial charge >= 0.3 is 5.97 Å². The van der Waals surface area contributed by atoms with Crippen molar-refractivity contribution in [1.29, 1.82) is 0 Å². The van der Waals surface area contributed by atoms with Gasteiger partial charge < -0.3 is 15.8 Å². The zero-order valence-corrected chi connectivity index (χ0v) is 14.2. The van der Waals surface area contributed by atoms with E-state index in [0.717, 1.165) is 0 Å². The lowest BCUT2D eigenvalue weighted by Crippen LogP contribution is -2.45. The summed E-state index contributed by atoms with van der Waals surface area (Å²) in [5, 5.41) is 3.34. The lowest BCUT2D eigenvalue weighted by atomic mass is 9.82. The average Bonchev–Trinajstić information content (AvgIpc) is 2.49. The average molecular weight is 327 g/mol. The molecule has 0 radical (unpaired) electrons. The second-order valence-electron chi connectivity index (χ2n) is 5.94. The molecule has 1 aromatic rings. The smallest absolute Gasteiger partial charge is 0.338 e. The van der Waals surface area contributed by atoms with Gasteiger partial charge in [-0.15, -0.1) is 12.4 Å². The van der Waals surface area contributed by atoms with Gasteiger partial charge in [-0.3, -0.25) is 0 Å². The van der Waals surface area contributed by atoms with E-state index in [1.54, 1.807) is 24.3 Å². The Morgan fingerprint density at radius 1 is 1.23 bits per heavy atom. The lowest BCUT2D eigenvalue weighted by molar-refractivity contribution is 0.0170. The van der Waals surface area contributed by atoms with E-state index in [1.165, 1.54) is 32.1 Å². The minimum atomic E-state index is -0.279. The lowest BCUT2D eigenvalue weighted by Gasteiger charge is -2.33. The summed E-state index contributed by atoms with van der Waals surface area (Å²) in [6, 6.07) is 7.08. The third-order valence-corrected chi connectivity index (χ3v) is 4.44. The third-order valence-electron chi connectivity index (χ3n) is 4.44. The van der Waals surface area contributed by atoms with Crippen LogP contribution >= 0.6 is 12.4 Å². The number of esters is 1. The summed E-state index contributed by atoms with van der Waals surface area (Å²) in [5.41, 5.74) is 6.83. The number of nitrogen functional groups attached to an aromatic ring is 1. The van der Waals surface area contributed by atoms with Crippen LogP contribution in [0, 0.1) is 5.92 Å². The number of nitrogens with one attached hydrogen (secondary N) is 1. The molecule has 0 aliphatic heterocycles. The first-order chi connectivity index (χ1) is 10.1. The molecule has 0 aromatic heterocycles. The summed E-state index contributed by atoms with van der Waals surface area (Å²) in [6.45, 7) is 1.98. The maximum atomic E-state index is 12.2. The minimum absolute atomic E-state index is 0. The highest BCUT2D eigenvalue weighted by molar-refractivity contribution is 5.89. The van der Waals surface area contributed by atoms with Crippen molar-refractivity contribution in [2.75, 3.05) is 12.8 Å². The number of benzene rings is 1. The van der Waals surface area contributed by atoms with Crippen LogP contribution in [0.4, 0.5) is 5.69 Å². The van der Waals surface area contributed by atoms with Crippen molar-refractivity contribution >= 4 is 24.1 Å². The first-order valence-electron chi connectivity index (χ1n) is 7.85. The summed E-state index contributed by atoms with van der Waals surface area (Å²) in [6.07, 6.45) is 6.18. The van der Waals surface area contributed by atoms with Crippen LogP contribution in [0.25, 0.3) is 0 Å². The van der Waals surface area contributed by atoms with E-state index >= 15 is 0 Å².